The summed E-state index contributed by atoms with van der Waals surface area (Å²) in [4.78, 5) is 26.2. The molecular weight excluding hydrogens is 370 g/mol. The predicted octanol–water partition coefficient (Wildman–Crippen LogP) is 5.71. The molecule has 0 atom stereocenters. The highest BCUT2D eigenvalue weighted by Gasteiger charge is 2.23. The van der Waals surface area contributed by atoms with Gasteiger partial charge in [0.05, 0.1) is 12.2 Å². The highest BCUT2D eigenvalue weighted by Crippen LogP contribution is 2.34. The van der Waals surface area contributed by atoms with Crippen LogP contribution in [0.1, 0.15) is 45.0 Å². The van der Waals surface area contributed by atoms with Gasteiger partial charge in [-0.2, -0.15) is 0 Å². The molecule has 0 fully saturated rings. The number of hydrogen-bond acceptors (Lipinski definition) is 4. The average Bonchev–Trinajstić information content (AvgIpc) is 3.03. The number of hydrogen-bond donors (Lipinski definition) is 1. The number of esters is 1. The van der Waals surface area contributed by atoms with Crippen molar-refractivity contribution in [1.82, 2.24) is 0 Å². The molecule has 28 heavy (non-hydrogen) atoms. The van der Waals surface area contributed by atoms with E-state index in [4.69, 9.17) is 4.74 Å². The van der Waals surface area contributed by atoms with Crippen LogP contribution in [0.15, 0.2) is 54.6 Å². The minimum Gasteiger partial charge on any atom is -0.462 e. The molecule has 144 valence electrons. The first-order valence-electron chi connectivity index (χ1n) is 9.31. The maximum absolute atomic E-state index is 12.7. The summed E-state index contributed by atoms with van der Waals surface area (Å²) in [6.45, 7) is 6.02. The zero-order chi connectivity index (χ0) is 20.1. The van der Waals surface area contributed by atoms with Crippen LogP contribution < -0.4 is 5.32 Å². The van der Waals surface area contributed by atoms with Crippen molar-refractivity contribution in [1.29, 1.82) is 0 Å². The summed E-state index contributed by atoms with van der Waals surface area (Å²) >= 11 is 1.41. The Labute approximate surface area is 169 Å². The smallest absolute Gasteiger partial charge is 0.341 e. The van der Waals surface area contributed by atoms with E-state index in [0.717, 1.165) is 21.6 Å². The van der Waals surface area contributed by atoms with E-state index in [1.54, 1.807) is 19.1 Å². The van der Waals surface area contributed by atoms with Crippen molar-refractivity contribution in [3.8, 4) is 11.1 Å². The molecule has 0 unspecified atom stereocenters. The van der Waals surface area contributed by atoms with Crippen LogP contribution in [0, 0.1) is 6.92 Å². The van der Waals surface area contributed by atoms with Crippen molar-refractivity contribution >= 4 is 28.2 Å². The lowest BCUT2D eigenvalue weighted by atomic mass is 10.0. The van der Waals surface area contributed by atoms with E-state index in [9.17, 15) is 9.59 Å². The molecule has 0 aliphatic heterocycles. The van der Waals surface area contributed by atoms with Gasteiger partial charge >= 0.3 is 5.97 Å². The molecule has 1 amide bonds. The van der Waals surface area contributed by atoms with Gasteiger partial charge in [0.25, 0.3) is 5.91 Å². The molecule has 1 N–H and O–H groups in total. The van der Waals surface area contributed by atoms with Crippen LogP contribution in [0.25, 0.3) is 11.1 Å². The van der Waals surface area contributed by atoms with E-state index < -0.39 is 5.97 Å². The Morgan fingerprint density at radius 3 is 2.21 bits per heavy atom. The molecule has 0 radical (unpaired) electrons. The van der Waals surface area contributed by atoms with Gasteiger partial charge in [-0.1, -0.05) is 49.4 Å². The molecule has 3 aromatic rings. The lowest BCUT2D eigenvalue weighted by Gasteiger charge is -2.08. The summed E-state index contributed by atoms with van der Waals surface area (Å²) in [7, 11) is 0. The summed E-state index contributed by atoms with van der Waals surface area (Å²) < 4.78 is 5.19. The Bertz CT molecular complexity index is 975. The second-order valence-electron chi connectivity index (χ2n) is 6.31. The van der Waals surface area contributed by atoms with E-state index in [1.165, 1.54) is 11.3 Å². The number of amides is 1. The molecule has 0 spiro atoms. The molecule has 3 rings (SSSR count). The van der Waals surface area contributed by atoms with Gasteiger partial charge < -0.3 is 10.1 Å². The summed E-state index contributed by atoms with van der Waals surface area (Å²) in [6.07, 6.45) is 0.706. The third kappa shape index (κ3) is 4.15. The number of nitrogens with one attached hydrogen (secondary N) is 1. The summed E-state index contributed by atoms with van der Waals surface area (Å²) in [5.74, 6) is -0.632. The Morgan fingerprint density at radius 2 is 1.61 bits per heavy atom. The largest absolute Gasteiger partial charge is 0.462 e. The number of thiophene rings is 1. The first-order chi connectivity index (χ1) is 13.5. The van der Waals surface area contributed by atoms with Gasteiger partial charge in [-0.05, 0) is 49.1 Å². The van der Waals surface area contributed by atoms with E-state index in [0.29, 0.717) is 29.2 Å². The Kier molecular flexibility index (Phi) is 6.26. The van der Waals surface area contributed by atoms with Crippen molar-refractivity contribution in [2.45, 2.75) is 27.2 Å². The highest BCUT2D eigenvalue weighted by atomic mass is 32.1. The van der Waals surface area contributed by atoms with Gasteiger partial charge in [0.1, 0.15) is 5.00 Å². The standard InChI is InChI=1S/C23H23NO3S/c1-4-19-15(3)28-22(20(19)23(26)27-5-2)24-21(25)18-13-11-17(12-14-18)16-9-7-6-8-10-16/h6-14H,4-5H2,1-3H3,(H,24,25). The number of rotatable bonds is 6. The molecule has 0 saturated heterocycles. The van der Waals surface area contributed by atoms with E-state index in [-0.39, 0.29) is 5.91 Å². The summed E-state index contributed by atoms with van der Waals surface area (Å²) in [5, 5.41) is 3.45. The van der Waals surface area contributed by atoms with Crippen LogP contribution in [0.2, 0.25) is 0 Å². The zero-order valence-electron chi connectivity index (χ0n) is 16.2. The maximum Gasteiger partial charge on any atom is 0.341 e. The van der Waals surface area contributed by atoms with Gasteiger partial charge in [-0.15, -0.1) is 11.3 Å². The number of aryl methyl sites for hydroxylation is 1. The molecule has 2 aromatic carbocycles. The lowest BCUT2D eigenvalue weighted by Crippen LogP contribution is -2.15. The average molecular weight is 394 g/mol. The minimum absolute atomic E-state index is 0.242. The molecule has 0 saturated carbocycles. The van der Waals surface area contributed by atoms with Crippen LogP contribution >= 0.6 is 11.3 Å². The minimum atomic E-state index is -0.390. The number of carbonyl (C=O) groups excluding carboxylic acids is 2. The summed E-state index contributed by atoms with van der Waals surface area (Å²) in [5.41, 5.74) is 4.09. The van der Waals surface area contributed by atoms with E-state index in [2.05, 4.69) is 5.32 Å². The second-order valence-corrected chi connectivity index (χ2v) is 7.54. The zero-order valence-corrected chi connectivity index (χ0v) is 17.1. The molecule has 0 bridgehead atoms. The molecule has 1 heterocycles. The molecule has 0 aliphatic rings. The number of ether oxygens (including phenoxy) is 1. The quantitative estimate of drug-likeness (QED) is 0.545. The van der Waals surface area contributed by atoms with Crippen LogP contribution in [-0.2, 0) is 11.2 Å². The van der Waals surface area contributed by atoms with Crippen LogP contribution in [0.5, 0.6) is 0 Å². The third-order valence-corrected chi connectivity index (χ3v) is 5.59. The van der Waals surface area contributed by atoms with Crippen molar-refractivity contribution in [3.63, 3.8) is 0 Å². The van der Waals surface area contributed by atoms with Crippen molar-refractivity contribution in [2.24, 2.45) is 0 Å². The van der Waals surface area contributed by atoms with Gasteiger partial charge in [-0.3, -0.25) is 4.79 Å². The van der Waals surface area contributed by atoms with Gasteiger partial charge in [0.2, 0.25) is 0 Å². The summed E-state index contributed by atoms with van der Waals surface area (Å²) in [6, 6.07) is 17.4. The van der Waals surface area contributed by atoms with Gasteiger partial charge in [-0.25, -0.2) is 4.79 Å². The highest BCUT2D eigenvalue weighted by molar-refractivity contribution is 7.16. The SMILES string of the molecule is CCOC(=O)c1c(NC(=O)c2ccc(-c3ccccc3)cc2)sc(C)c1CC. The maximum atomic E-state index is 12.7. The normalized spacial score (nSPS) is 10.5. The third-order valence-electron chi connectivity index (χ3n) is 4.52. The number of carbonyl (C=O) groups is 2. The lowest BCUT2D eigenvalue weighted by molar-refractivity contribution is 0.0527. The van der Waals surface area contributed by atoms with E-state index in [1.807, 2.05) is 56.3 Å². The fourth-order valence-corrected chi connectivity index (χ4v) is 4.26. The fourth-order valence-electron chi connectivity index (χ4n) is 3.13. The fraction of sp³-hybridized carbons (Fsp3) is 0.217. The number of anilines is 1. The van der Waals surface area contributed by atoms with Gasteiger partial charge in [0, 0.05) is 10.4 Å². The monoisotopic (exact) mass is 393 g/mol. The predicted molar refractivity (Wildman–Crippen MR) is 114 cm³/mol. The first-order valence-corrected chi connectivity index (χ1v) is 10.1. The topological polar surface area (TPSA) is 55.4 Å². The molecular formula is C23H23NO3S. The Hall–Kier alpha value is -2.92. The van der Waals surface area contributed by atoms with Crippen LogP contribution in [0.3, 0.4) is 0 Å². The molecule has 1 aromatic heterocycles. The molecule has 0 aliphatic carbocycles. The van der Waals surface area contributed by atoms with Crippen molar-refractivity contribution in [2.75, 3.05) is 11.9 Å². The molecule has 5 heteroatoms. The van der Waals surface area contributed by atoms with Crippen LogP contribution in [-0.4, -0.2) is 18.5 Å². The van der Waals surface area contributed by atoms with Crippen LogP contribution in [0.4, 0.5) is 5.00 Å². The van der Waals surface area contributed by atoms with Crippen molar-refractivity contribution in [3.05, 3.63) is 76.2 Å². The Morgan fingerprint density at radius 1 is 0.964 bits per heavy atom. The van der Waals surface area contributed by atoms with Gasteiger partial charge in [0.15, 0.2) is 0 Å². The molecule has 4 nitrogen and oxygen atoms in total. The first kappa shape index (κ1) is 19.8. The van der Waals surface area contributed by atoms with Crippen molar-refractivity contribution < 1.29 is 14.3 Å². The van der Waals surface area contributed by atoms with E-state index >= 15 is 0 Å². The number of benzene rings is 2. The second kappa shape index (κ2) is 8.85. The Balaban J connectivity index is 1.84.